The fourth-order valence-electron chi connectivity index (χ4n) is 4.39. The van der Waals surface area contributed by atoms with E-state index in [0.29, 0.717) is 5.57 Å². The molecule has 0 amide bonds. The summed E-state index contributed by atoms with van der Waals surface area (Å²) in [6.07, 6.45) is 6.89. The van der Waals surface area contributed by atoms with Gasteiger partial charge >= 0.3 is 0 Å². The van der Waals surface area contributed by atoms with Gasteiger partial charge in [-0.25, -0.2) is 0 Å². The summed E-state index contributed by atoms with van der Waals surface area (Å²) in [5.74, 6) is -0.543. The summed E-state index contributed by atoms with van der Waals surface area (Å²) in [4.78, 5) is 12.3. The quantitative estimate of drug-likeness (QED) is 0.337. The minimum atomic E-state index is -2.17. The van der Waals surface area contributed by atoms with Crippen molar-refractivity contribution in [2.45, 2.75) is 140 Å². The molecule has 0 aromatic carbocycles. The van der Waals surface area contributed by atoms with E-state index in [9.17, 15) is 4.79 Å². The summed E-state index contributed by atoms with van der Waals surface area (Å²) in [7, 11) is -4.33. The number of carbonyl (C=O) groups is 1. The zero-order chi connectivity index (χ0) is 24.2. The van der Waals surface area contributed by atoms with E-state index in [4.69, 9.17) is 18.3 Å². The maximum atomic E-state index is 12.3. The van der Waals surface area contributed by atoms with Crippen molar-refractivity contribution in [2.24, 2.45) is 0 Å². The largest absolute Gasteiger partial charge is 0.408 e. The molecule has 4 atom stereocenters. The van der Waals surface area contributed by atoms with Crippen molar-refractivity contribution in [1.82, 2.24) is 0 Å². The third-order valence-corrected chi connectivity index (χ3v) is 17.5. The smallest absolute Gasteiger partial charge is 0.193 e. The standard InChI is InChI=1S/C25H46O5Si2/c1-23(2,3)31(7,8)29-20-18(17-26)16-19-21(22(20)30-32(9,10)24(4,5)6)28-25(27-19)14-12-11-13-15-25/h16-17,19-22H,11-15H2,1-10H3/t19-,20-,21-,22-/m1/s1. The fraction of sp³-hybridized carbons (Fsp3) is 0.880. The summed E-state index contributed by atoms with van der Waals surface area (Å²) < 4.78 is 27.2. The van der Waals surface area contributed by atoms with Crippen LogP contribution in [0.1, 0.15) is 73.6 Å². The molecule has 1 heterocycles. The lowest BCUT2D eigenvalue weighted by Crippen LogP contribution is -2.59. The van der Waals surface area contributed by atoms with Gasteiger partial charge in [-0.05, 0) is 55.2 Å². The number of hydrogen-bond acceptors (Lipinski definition) is 5. The van der Waals surface area contributed by atoms with E-state index >= 15 is 0 Å². The highest BCUT2D eigenvalue weighted by Crippen LogP contribution is 2.48. The van der Waals surface area contributed by atoms with Crippen LogP contribution >= 0.6 is 0 Å². The van der Waals surface area contributed by atoms with Crippen molar-refractivity contribution in [3.63, 3.8) is 0 Å². The Kier molecular flexibility index (Phi) is 7.16. The average molecular weight is 483 g/mol. The number of hydrogen-bond donors (Lipinski definition) is 0. The minimum absolute atomic E-state index is 0.0248. The van der Waals surface area contributed by atoms with E-state index < -0.39 is 28.5 Å². The van der Waals surface area contributed by atoms with Crippen molar-refractivity contribution in [1.29, 1.82) is 0 Å². The van der Waals surface area contributed by atoms with Crippen LogP contribution in [-0.2, 0) is 23.1 Å². The van der Waals surface area contributed by atoms with E-state index in [1.54, 1.807) is 0 Å². The third-order valence-electron chi connectivity index (χ3n) is 8.55. The molecule has 1 saturated heterocycles. The van der Waals surface area contributed by atoms with Gasteiger partial charge in [-0.2, -0.15) is 0 Å². The Balaban J connectivity index is 2.02. The molecule has 1 spiro atoms. The van der Waals surface area contributed by atoms with Crippen LogP contribution in [0.25, 0.3) is 0 Å². The molecular formula is C25H46O5Si2. The Hall–Kier alpha value is -0.316. The molecule has 5 nitrogen and oxygen atoms in total. The number of carbonyl (C=O) groups excluding carboxylic acids is 1. The molecule has 1 aliphatic heterocycles. The molecule has 0 N–H and O–H groups in total. The summed E-state index contributed by atoms with van der Waals surface area (Å²) in [5.41, 5.74) is 0.649. The highest BCUT2D eigenvalue weighted by molar-refractivity contribution is 6.74. The summed E-state index contributed by atoms with van der Waals surface area (Å²) in [6, 6.07) is 0. The van der Waals surface area contributed by atoms with Crippen LogP contribution in [-0.4, -0.2) is 53.1 Å². The molecule has 0 bridgehead atoms. The maximum absolute atomic E-state index is 12.3. The molecule has 0 unspecified atom stereocenters. The summed E-state index contributed by atoms with van der Waals surface area (Å²) >= 11 is 0. The Labute approximate surface area is 197 Å². The number of fused-ring (bicyclic) bond motifs is 1. The van der Waals surface area contributed by atoms with E-state index in [0.717, 1.165) is 32.0 Å². The lowest BCUT2D eigenvalue weighted by molar-refractivity contribution is -0.199. The Morgan fingerprint density at radius 2 is 1.44 bits per heavy atom. The van der Waals surface area contributed by atoms with E-state index in [2.05, 4.69) is 67.7 Å². The first kappa shape index (κ1) is 26.3. The topological polar surface area (TPSA) is 54.0 Å². The minimum Gasteiger partial charge on any atom is -0.408 e. The van der Waals surface area contributed by atoms with Gasteiger partial charge in [-0.1, -0.05) is 48.0 Å². The second-order valence-electron chi connectivity index (χ2n) is 13.1. The Morgan fingerprint density at radius 3 is 1.94 bits per heavy atom. The lowest BCUT2D eigenvalue weighted by Gasteiger charge is -2.48. The van der Waals surface area contributed by atoms with Gasteiger partial charge in [0.25, 0.3) is 0 Å². The molecule has 0 radical (unpaired) electrons. The molecule has 2 aliphatic carbocycles. The van der Waals surface area contributed by atoms with Gasteiger partial charge in [-0.15, -0.1) is 0 Å². The maximum Gasteiger partial charge on any atom is 0.193 e. The van der Waals surface area contributed by atoms with E-state index in [-0.39, 0.29) is 28.4 Å². The van der Waals surface area contributed by atoms with Crippen molar-refractivity contribution in [2.75, 3.05) is 0 Å². The highest BCUT2D eigenvalue weighted by atomic mass is 28.4. The molecular weight excluding hydrogens is 436 g/mol. The molecule has 3 rings (SSSR count). The summed E-state index contributed by atoms with van der Waals surface area (Å²) in [5, 5.41) is 0.0610. The predicted octanol–water partition coefficient (Wildman–Crippen LogP) is 6.35. The van der Waals surface area contributed by atoms with Gasteiger partial charge in [0.15, 0.2) is 22.4 Å². The molecule has 1 saturated carbocycles. The van der Waals surface area contributed by atoms with Crippen molar-refractivity contribution in [3.8, 4) is 0 Å². The first-order valence-corrected chi connectivity index (χ1v) is 18.2. The van der Waals surface area contributed by atoms with Crippen LogP contribution in [0.5, 0.6) is 0 Å². The normalized spacial score (nSPS) is 31.4. The monoisotopic (exact) mass is 482 g/mol. The van der Waals surface area contributed by atoms with E-state index in [1.165, 1.54) is 6.42 Å². The van der Waals surface area contributed by atoms with E-state index in [1.807, 2.05) is 6.08 Å². The molecule has 0 aromatic heterocycles. The van der Waals surface area contributed by atoms with Gasteiger partial charge in [0.1, 0.15) is 30.7 Å². The lowest BCUT2D eigenvalue weighted by atomic mass is 9.90. The van der Waals surface area contributed by atoms with Crippen molar-refractivity contribution < 1.29 is 23.1 Å². The van der Waals surface area contributed by atoms with Gasteiger partial charge in [-0.3, -0.25) is 4.79 Å². The van der Waals surface area contributed by atoms with Gasteiger partial charge in [0, 0.05) is 18.4 Å². The van der Waals surface area contributed by atoms with Gasteiger partial charge in [0.05, 0.1) is 0 Å². The zero-order valence-electron chi connectivity index (χ0n) is 22.0. The molecule has 32 heavy (non-hydrogen) atoms. The molecule has 7 heteroatoms. The van der Waals surface area contributed by atoms with Crippen LogP contribution in [0.15, 0.2) is 11.6 Å². The van der Waals surface area contributed by atoms with Crippen LogP contribution in [0.2, 0.25) is 36.3 Å². The first-order valence-electron chi connectivity index (χ1n) is 12.4. The predicted molar refractivity (Wildman–Crippen MR) is 134 cm³/mol. The average Bonchev–Trinajstić information content (AvgIpc) is 2.99. The van der Waals surface area contributed by atoms with Gasteiger partial charge < -0.3 is 18.3 Å². The zero-order valence-corrected chi connectivity index (χ0v) is 24.0. The second-order valence-corrected chi connectivity index (χ2v) is 22.6. The summed E-state index contributed by atoms with van der Waals surface area (Å²) in [6.45, 7) is 22.4. The van der Waals surface area contributed by atoms with Crippen LogP contribution in [0.4, 0.5) is 0 Å². The van der Waals surface area contributed by atoms with Crippen LogP contribution in [0, 0.1) is 0 Å². The van der Waals surface area contributed by atoms with Crippen LogP contribution < -0.4 is 0 Å². The van der Waals surface area contributed by atoms with Crippen molar-refractivity contribution in [3.05, 3.63) is 11.6 Å². The van der Waals surface area contributed by atoms with Crippen molar-refractivity contribution >= 4 is 22.9 Å². The van der Waals surface area contributed by atoms with Crippen LogP contribution in [0.3, 0.4) is 0 Å². The molecule has 0 aromatic rings. The second kappa shape index (κ2) is 8.72. The number of rotatable bonds is 5. The number of aldehydes is 1. The first-order chi connectivity index (χ1) is 14.5. The molecule has 2 fully saturated rings. The Morgan fingerprint density at radius 1 is 0.906 bits per heavy atom. The highest BCUT2D eigenvalue weighted by Gasteiger charge is 2.57. The fourth-order valence-corrected chi connectivity index (χ4v) is 6.95. The Bertz CT molecular complexity index is 726. The molecule has 184 valence electrons. The SMILES string of the molecule is CC(C)(C)[Si](C)(C)O[C@H]1[C@@H]2OC3(CCCCC3)O[C@@H]2C=C(C=O)[C@H]1O[Si](C)(C)C(C)(C)C. The molecule has 3 aliphatic rings. The van der Waals surface area contributed by atoms with Gasteiger partial charge in [0.2, 0.25) is 0 Å². The number of ether oxygens (including phenoxy) is 2. The third kappa shape index (κ3) is 5.03.